The second-order valence-electron chi connectivity index (χ2n) is 4.79. The maximum atomic E-state index is 12.5. The average molecular weight is 309 g/mol. The predicted octanol–water partition coefficient (Wildman–Crippen LogP) is 1.09. The van der Waals surface area contributed by atoms with Crippen LogP contribution in [0.25, 0.3) is 0 Å². The van der Waals surface area contributed by atoms with Crippen molar-refractivity contribution in [3.8, 4) is 6.07 Å². The summed E-state index contributed by atoms with van der Waals surface area (Å²) in [5.41, 5.74) is 0.263. The number of amides is 1. The molecule has 7 heteroatoms. The number of likely N-dealkylation sites (N-methyl/N-ethyl adjacent to an activating group) is 1. The van der Waals surface area contributed by atoms with Crippen molar-refractivity contribution in [1.82, 2.24) is 9.62 Å². The molecular formula is C14H19N3O3S. The molecule has 0 saturated carbocycles. The molecule has 0 saturated heterocycles. The van der Waals surface area contributed by atoms with Gasteiger partial charge in [-0.05, 0) is 32.0 Å². The summed E-state index contributed by atoms with van der Waals surface area (Å²) in [6.07, 6.45) is 0. The average Bonchev–Trinajstić information content (AvgIpc) is 2.43. The number of carbonyl (C=O) groups excluding carboxylic acids is 1. The highest BCUT2D eigenvalue weighted by Crippen LogP contribution is 2.16. The molecule has 0 aliphatic carbocycles. The van der Waals surface area contributed by atoms with Crippen molar-refractivity contribution >= 4 is 15.9 Å². The molecule has 0 aliphatic heterocycles. The van der Waals surface area contributed by atoms with Crippen molar-refractivity contribution in [1.29, 1.82) is 5.26 Å². The van der Waals surface area contributed by atoms with Gasteiger partial charge in [-0.25, -0.2) is 8.42 Å². The summed E-state index contributed by atoms with van der Waals surface area (Å²) >= 11 is 0. The fourth-order valence-corrected chi connectivity index (χ4v) is 3.22. The number of nitriles is 1. The van der Waals surface area contributed by atoms with Gasteiger partial charge in [0.1, 0.15) is 0 Å². The molecule has 6 nitrogen and oxygen atoms in total. The van der Waals surface area contributed by atoms with E-state index in [1.807, 2.05) is 6.07 Å². The molecule has 1 rings (SSSR count). The van der Waals surface area contributed by atoms with Crippen LogP contribution in [-0.4, -0.2) is 37.8 Å². The summed E-state index contributed by atoms with van der Waals surface area (Å²) in [4.78, 5) is 11.8. The largest absolute Gasteiger partial charge is 0.353 e. The number of nitrogens with zero attached hydrogens (tertiary/aromatic N) is 2. The molecule has 21 heavy (non-hydrogen) atoms. The smallest absolute Gasteiger partial charge is 0.243 e. The number of hydrogen-bond donors (Lipinski definition) is 1. The maximum absolute atomic E-state index is 12.5. The van der Waals surface area contributed by atoms with Crippen molar-refractivity contribution < 1.29 is 13.2 Å². The minimum absolute atomic E-state index is 0.0146. The number of rotatable bonds is 6. The third-order valence-electron chi connectivity index (χ3n) is 2.72. The molecule has 0 aliphatic rings. The third kappa shape index (κ3) is 4.55. The standard InChI is InChI=1S/C14H19N3O3S/c1-4-17(10-14(18)16-11(2)3)21(19,20)13-7-5-6-12(8-13)9-15/h5-8,11H,4,10H2,1-3H3,(H,16,18). The van der Waals surface area contributed by atoms with E-state index in [4.69, 9.17) is 5.26 Å². The van der Waals surface area contributed by atoms with Gasteiger partial charge in [0.2, 0.25) is 15.9 Å². The first-order valence-electron chi connectivity index (χ1n) is 6.61. The Balaban J connectivity index is 3.02. The molecule has 1 N–H and O–H groups in total. The zero-order valence-electron chi connectivity index (χ0n) is 12.3. The Morgan fingerprint density at radius 3 is 2.62 bits per heavy atom. The first-order valence-corrected chi connectivity index (χ1v) is 8.05. The van der Waals surface area contributed by atoms with Crippen LogP contribution in [0.4, 0.5) is 0 Å². The Hall–Kier alpha value is -1.91. The molecule has 114 valence electrons. The van der Waals surface area contributed by atoms with E-state index in [0.717, 1.165) is 4.31 Å². The molecular weight excluding hydrogens is 290 g/mol. The summed E-state index contributed by atoms with van der Waals surface area (Å²) in [6, 6.07) is 7.60. The van der Waals surface area contributed by atoms with Gasteiger partial charge in [0, 0.05) is 12.6 Å². The SMILES string of the molecule is CCN(CC(=O)NC(C)C)S(=O)(=O)c1cccc(C#N)c1. The molecule has 0 fully saturated rings. The second kappa shape index (κ2) is 7.20. The van der Waals surface area contributed by atoms with E-state index < -0.39 is 10.0 Å². The van der Waals surface area contributed by atoms with E-state index in [2.05, 4.69) is 5.32 Å². The van der Waals surface area contributed by atoms with Crippen molar-refractivity contribution in [3.05, 3.63) is 29.8 Å². The van der Waals surface area contributed by atoms with E-state index >= 15 is 0 Å². The monoisotopic (exact) mass is 309 g/mol. The summed E-state index contributed by atoms with van der Waals surface area (Å²) in [5, 5.41) is 11.5. The summed E-state index contributed by atoms with van der Waals surface area (Å²) in [5.74, 6) is -0.355. The van der Waals surface area contributed by atoms with Crippen LogP contribution in [0.1, 0.15) is 26.3 Å². The number of carbonyl (C=O) groups is 1. The molecule has 0 atom stereocenters. The highest BCUT2D eigenvalue weighted by atomic mass is 32.2. The van der Waals surface area contributed by atoms with Crippen molar-refractivity contribution in [2.24, 2.45) is 0 Å². The normalized spacial score (nSPS) is 11.4. The van der Waals surface area contributed by atoms with Gasteiger partial charge in [-0.3, -0.25) is 4.79 Å². The van der Waals surface area contributed by atoms with E-state index in [1.165, 1.54) is 24.3 Å². The van der Waals surface area contributed by atoms with Gasteiger partial charge in [-0.2, -0.15) is 9.57 Å². The Morgan fingerprint density at radius 1 is 1.43 bits per heavy atom. The van der Waals surface area contributed by atoms with Crippen LogP contribution < -0.4 is 5.32 Å². The molecule has 1 aromatic carbocycles. The molecule has 1 amide bonds. The van der Waals surface area contributed by atoms with Gasteiger partial charge in [0.25, 0.3) is 0 Å². The predicted molar refractivity (Wildman–Crippen MR) is 78.9 cm³/mol. The van der Waals surface area contributed by atoms with Gasteiger partial charge in [-0.1, -0.05) is 13.0 Å². The number of sulfonamides is 1. The first kappa shape index (κ1) is 17.1. The lowest BCUT2D eigenvalue weighted by Gasteiger charge is -2.20. The van der Waals surface area contributed by atoms with Crippen molar-refractivity contribution in [2.75, 3.05) is 13.1 Å². The highest BCUT2D eigenvalue weighted by Gasteiger charge is 2.25. The Morgan fingerprint density at radius 2 is 2.10 bits per heavy atom. The molecule has 0 radical (unpaired) electrons. The van der Waals surface area contributed by atoms with E-state index in [-0.39, 0.29) is 35.5 Å². The molecule has 0 spiro atoms. The lowest BCUT2D eigenvalue weighted by atomic mass is 10.2. The van der Waals surface area contributed by atoms with Crippen LogP contribution in [-0.2, 0) is 14.8 Å². The summed E-state index contributed by atoms with van der Waals surface area (Å²) in [7, 11) is -3.79. The Bertz CT molecular complexity index is 648. The third-order valence-corrected chi connectivity index (χ3v) is 4.64. The molecule has 0 aromatic heterocycles. The second-order valence-corrected chi connectivity index (χ2v) is 6.73. The van der Waals surface area contributed by atoms with Crippen LogP contribution >= 0.6 is 0 Å². The Labute approximate surface area is 125 Å². The van der Waals surface area contributed by atoms with Gasteiger partial charge in [0.15, 0.2) is 0 Å². The zero-order valence-corrected chi connectivity index (χ0v) is 13.1. The number of nitrogens with one attached hydrogen (secondary N) is 1. The van der Waals surface area contributed by atoms with Crippen LogP contribution in [0.15, 0.2) is 29.2 Å². The minimum Gasteiger partial charge on any atom is -0.353 e. The fourth-order valence-electron chi connectivity index (χ4n) is 1.77. The summed E-state index contributed by atoms with van der Waals surface area (Å²) in [6.45, 7) is 5.20. The number of benzene rings is 1. The van der Waals surface area contributed by atoms with Gasteiger partial charge >= 0.3 is 0 Å². The van der Waals surface area contributed by atoms with E-state index in [1.54, 1.807) is 20.8 Å². The van der Waals surface area contributed by atoms with Crippen LogP contribution in [0.5, 0.6) is 0 Å². The van der Waals surface area contributed by atoms with E-state index in [9.17, 15) is 13.2 Å². The van der Waals surface area contributed by atoms with E-state index in [0.29, 0.717) is 0 Å². The molecule has 0 unspecified atom stereocenters. The molecule has 1 aromatic rings. The molecule has 0 heterocycles. The van der Waals surface area contributed by atoms with Gasteiger partial charge < -0.3 is 5.32 Å². The van der Waals surface area contributed by atoms with Crippen molar-refractivity contribution in [3.63, 3.8) is 0 Å². The topological polar surface area (TPSA) is 90.3 Å². The van der Waals surface area contributed by atoms with Gasteiger partial charge in [-0.15, -0.1) is 0 Å². The fraction of sp³-hybridized carbons (Fsp3) is 0.429. The highest BCUT2D eigenvalue weighted by molar-refractivity contribution is 7.89. The number of hydrogen-bond acceptors (Lipinski definition) is 4. The first-order chi connectivity index (χ1) is 9.81. The zero-order chi connectivity index (χ0) is 16.0. The van der Waals surface area contributed by atoms with Crippen LogP contribution in [0, 0.1) is 11.3 Å². The summed E-state index contributed by atoms with van der Waals surface area (Å²) < 4.78 is 26.1. The lowest BCUT2D eigenvalue weighted by Crippen LogP contribution is -2.42. The quantitative estimate of drug-likeness (QED) is 0.851. The van der Waals surface area contributed by atoms with Crippen molar-refractivity contribution in [2.45, 2.75) is 31.7 Å². The maximum Gasteiger partial charge on any atom is 0.243 e. The Kier molecular flexibility index (Phi) is 5.88. The van der Waals surface area contributed by atoms with Gasteiger partial charge in [0.05, 0.1) is 23.1 Å². The van der Waals surface area contributed by atoms with Crippen LogP contribution in [0.2, 0.25) is 0 Å². The molecule has 0 bridgehead atoms. The minimum atomic E-state index is -3.79. The van der Waals surface area contributed by atoms with Crippen LogP contribution in [0.3, 0.4) is 0 Å². The lowest BCUT2D eigenvalue weighted by molar-refractivity contribution is -0.121.